The van der Waals surface area contributed by atoms with E-state index >= 15 is 0 Å². The van der Waals surface area contributed by atoms with Crippen molar-refractivity contribution < 1.29 is 13.5 Å². The number of sulfonamides is 1. The van der Waals surface area contributed by atoms with Crippen LogP contribution in [0.3, 0.4) is 0 Å². The second kappa shape index (κ2) is 9.27. The van der Waals surface area contributed by atoms with Gasteiger partial charge in [-0.15, -0.1) is 11.3 Å². The van der Waals surface area contributed by atoms with E-state index in [2.05, 4.69) is 33.0 Å². The molecule has 0 aliphatic carbocycles. The Morgan fingerprint density at radius 2 is 1.72 bits per heavy atom. The van der Waals surface area contributed by atoms with Gasteiger partial charge in [0.25, 0.3) is 10.0 Å². The molecule has 32 heavy (non-hydrogen) atoms. The Morgan fingerprint density at radius 1 is 1.03 bits per heavy atom. The Balaban J connectivity index is 1.62. The molecule has 1 fully saturated rings. The van der Waals surface area contributed by atoms with Crippen molar-refractivity contribution in [2.75, 3.05) is 24.5 Å². The third-order valence-corrected chi connectivity index (χ3v) is 9.76. The Hall–Kier alpha value is -1.71. The minimum absolute atomic E-state index is 0.00249. The summed E-state index contributed by atoms with van der Waals surface area (Å²) >= 11 is 4.62. The minimum Gasteiger partial charge on any atom is -0.386 e. The van der Waals surface area contributed by atoms with Gasteiger partial charge in [-0.1, -0.05) is 42.5 Å². The zero-order valence-electron chi connectivity index (χ0n) is 18.1. The maximum Gasteiger partial charge on any atom is 0.252 e. The molecule has 1 aliphatic heterocycles. The molecule has 170 valence electrons. The van der Waals surface area contributed by atoms with Crippen molar-refractivity contribution >= 4 is 43.0 Å². The maximum absolute atomic E-state index is 13.3. The lowest BCUT2D eigenvalue weighted by molar-refractivity contribution is 0.0786. The largest absolute Gasteiger partial charge is 0.386 e. The topological polar surface area (TPSA) is 60.9 Å². The summed E-state index contributed by atoms with van der Waals surface area (Å²) in [5.41, 5.74) is 2.16. The predicted octanol–water partition coefficient (Wildman–Crippen LogP) is 4.86. The molecule has 3 aromatic rings. The van der Waals surface area contributed by atoms with Crippen LogP contribution in [0.25, 0.3) is 0 Å². The number of anilines is 1. The summed E-state index contributed by atoms with van der Waals surface area (Å²) in [7, 11) is -3.54. The molecule has 2 heterocycles. The van der Waals surface area contributed by atoms with Crippen LogP contribution in [-0.4, -0.2) is 43.5 Å². The number of aliphatic hydroxyl groups is 1. The number of hydrogen-bond donors (Lipinski definition) is 1. The van der Waals surface area contributed by atoms with E-state index in [0.29, 0.717) is 23.8 Å². The van der Waals surface area contributed by atoms with Gasteiger partial charge in [0.15, 0.2) is 0 Å². The first-order chi connectivity index (χ1) is 15.1. The summed E-state index contributed by atoms with van der Waals surface area (Å²) in [5.74, 6) is 0. The van der Waals surface area contributed by atoms with Crippen LogP contribution in [0, 0.1) is 0 Å². The molecule has 8 heteroatoms. The Bertz CT molecular complexity index is 1160. The summed E-state index contributed by atoms with van der Waals surface area (Å²) in [4.78, 5) is 2.29. The highest BCUT2D eigenvalue weighted by atomic mass is 79.9. The minimum atomic E-state index is -3.54. The molecule has 1 aliphatic rings. The van der Waals surface area contributed by atoms with E-state index in [1.807, 2.05) is 42.5 Å². The fraction of sp³-hybridized carbons (Fsp3) is 0.333. The number of thiophene rings is 1. The van der Waals surface area contributed by atoms with Crippen LogP contribution in [0.4, 0.5) is 5.69 Å². The van der Waals surface area contributed by atoms with Crippen LogP contribution < -0.4 is 4.90 Å². The summed E-state index contributed by atoms with van der Waals surface area (Å²) in [6, 6.07) is 21.5. The van der Waals surface area contributed by atoms with Crippen molar-refractivity contribution in [3.8, 4) is 0 Å². The molecular formula is C24H27BrN2O3S2. The van der Waals surface area contributed by atoms with Gasteiger partial charge in [-0.25, -0.2) is 8.42 Å². The Kier molecular flexibility index (Phi) is 6.79. The van der Waals surface area contributed by atoms with Crippen molar-refractivity contribution in [1.82, 2.24) is 4.31 Å². The zero-order valence-corrected chi connectivity index (χ0v) is 21.3. The van der Waals surface area contributed by atoms with Crippen LogP contribution in [0.5, 0.6) is 0 Å². The number of rotatable bonds is 6. The number of halogens is 1. The Morgan fingerprint density at radius 3 is 2.31 bits per heavy atom. The highest BCUT2D eigenvalue weighted by Gasteiger charge is 2.35. The molecule has 0 unspecified atom stereocenters. The quantitative estimate of drug-likeness (QED) is 0.490. The van der Waals surface area contributed by atoms with Crippen molar-refractivity contribution in [3.63, 3.8) is 0 Å². The van der Waals surface area contributed by atoms with E-state index in [1.165, 1.54) is 16.9 Å². The zero-order chi connectivity index (χ0) is 22.9. The molecular weight excluding hydrogens is 508 g/mol. The van der Waals surface area contributed by atoms with Gasteiger partial charge < -0.3 is 10.0 Å². The molecule has 0 saturated carbocycles. The van der Waals surface area contributed by atoms with Crippen LogP contribution in [0.2, 0.25) is 0 Å². The SMILES string of the molecule is CC(C)(O)c1ccc(N2CCN(S(=O)(=O)c3ccc(Br)s3)C[C@@H]2Cc2ccccc2)cc1. The third-order valence-electron chi connectivity index (χ3n) is 5.81. The molecule has 0 spiro atoms. The van der Waals surface area contributed by atoms with Gasteiger partial charge >= 0.3 is 0 Å². The standard InChI is InChI=1S/C24H27BrN2O3S2/c1-24(2,28)19-8-10-20(11-9-19)27-15-14-26(32(29,30)23-13-12-22(25)31-23)17-21(27)16-18-6-4-3-5-7-18/h3-13,21,28H,14-17H2,1-2H3/t21-/m0/s1. The molecule has 4 rings (SSSR count). The van der Waals surface area contributed by atoms with E-state index in [1.54, 1.807) is 30.3 Å². The number of benzene rings is 2. The first kappa shape index (κ1) is 23.4. The average molecular weight is 536 g/mol. The van der Waals surface area contributed by atoms with Crippen molar-refractivity contribution in [2.45, 2.75) is 36.1 Å². The van der Waals surface area contributed by atoms with E-state index < -0.39 is 15.6 Å². The molecule has 5 nitrogen and oxygen atoms in total. The van der Waals surface area contributed by atoms with Gasteiger partial charge in [-0.2, -0.15) is 4.31 Å². The number of hydrogen-bond acceptors (Lipinski definition) is 5. The fourth-order valence-corrected chi connectivity index (χ4v) is 7.70. The van der Waals surface area contributed by atoms with Crippen molar-refractivity contribution in [2.24, 2.45) is 0 Å². The monoisotopic (exact) mass is 534 g/mol. The van der Waals surface area contributed by atoms with Gasteiger partial charge in [0.2, 0.25) is 0 Å². The van der Waals surface area contributed by atoms with Crippen LogP contribution in [0.1, 0.15) is 25.0 Å². The van der Waals surface area contributed by atoms with E-state index in [9.17, 15) is 13.5 Å². The van der Waals surface area contributed by atoms with Crippen molar-refractivity contribution in [3.05, 3.63) is 81.6 Å². The second-order valence-corrected chi connectivity index (χ2v) is 13.2. The van der Waals surface area contributed by atoms with Gasteiger partial charge in [-0.3, -0.25) is 0 Å². The maximum atomic E-state index is 13.3. The molecule has 0 amide bonds. The molecule has 2 aromatic carbocycles. The summed E-state index contributed by atoms with van der Waals surface area (Å²) in [5, 5.41) is 10.3. The van der Waals surface area contributed by atoms with Gasteiger partial charge in [-0.05, 0) is 71.6 Å². The molecule has 0 radical (unpaired) electrons. The summed E-state index contributed by atoms with van der Waals surface area (Å²) in [6.07, 6.45) is 0.744. The molecule has 1 atom stereocenters. The van der Waals surface area contributed by atoms with E-state index in [4.69, 9.17) is 0 Å². The lowest BCUT2D eigenvalue weighted by atomic mass is 9.97. The van der Waals surface area contributed by atoms with E-state index in [0.717, 1.165) is 21.5 Å². The Labute approximate surface area is 202 Å². The molecule has 1 saturated heterocycles. The van der Waals surface area contributed by atoms with Crippen LogP contribution in [-0.2, 0) is 22.0 Å². The highest BCUT2D eigenvalue weighted by molar-refractivity contribution is 9.11. The normalized spacial score (nSPS) is 18.1. The smallest absolute Gasteiger partial charge is 0.252 e. The highest BCUT2D eigenvalue weighted by Crippen LogP contribution is 2.32. The summed E-state index contributed by atoms with van der Waals surface area (Å²) < 4.78 is 29.3. The molecule has 0 bridgehead atoms. The average Bonchev–Trinajstić information content (AvgIpc) is 3.21. The second-order valence-electron chi connectivity index (χ2n) is 8.56. The first-order valence-electron chi connectivity index (χ1n) is 10.5. The van der Waals surface area contributed by atoms with Crippen LogP contribution >= 0.6 is 27.3 Å². The first-order valence-corrected chi connectivity index (χ1v) is 13.6. The van der Waals surface area contributed by atoms with Crippen LogP contribution in [0.15, 0.2) is 74.7 Å². The molecule has 1 N–H and O–H groups in total. The lowest BCUT2D eigenvalue weighted by Gasteiger charge is -2.42. The van der Waals surface area contributed by atoms with Crippen molar-refractivity contribution in [1.29, 1.82) is 0 Å². The van der Waals surface area contributed by atoms with E-state index in [-0.39, 0.29) is 6.04 Å². The van der Waals surface area contributed by atoms with Gasteiger partial charge in [0.1, 0.15) is 4.21 Å². The van der Waals surface area contributed by atoms with Gasteiger partial charge in [0.05, 0.1) is 9.39 Å². The fourth-order valence-electron chi connectivity index (χ4n) is 4.07. The summed E-state index contributed by atoms with van der Waals surface area (Å²) in [6.45, 7) is 4.99. The third kappa shape index (κ3) is 5.10. The number of nitrogens with zero attached hydrogens (tertiary/aromatic N) is 2. The lowest BCUT2D eigenvalue weighted by Crippen LogP contribution is -2.55. The predicted molar refractivity (Wildman–Crippen MR) is 134 cm³/mol. The number of piperazine rings is 1. The van der Waals surface area contributed by atoms with Gasteiger partial charge in [0, 0.05) is 31.4 Å². The molecule has 1 aromatic heterocycles.